The summed E-state index contributed by atoms with van der Waals surface area (Å²) in [5.41, 5.74) is -0.0735. The quantitative estimate of drug-likeness (QED) is 0.345. The van der Waals surface area contributed by atoms with Crippen LogP contribution in [-0.4, -0.2) is 64.1 Å². The van der Waals surface area contributed by atoms with Crippen molar-refractivity contribution in [3.8, 4) is 11.5 Å². The Bertz CT molecular complexity index is 1490. The van der Waals surface area contributed by atoms with Crippen molar-refractivity contribution in [3.63, 3.8) is 0 Å². The van der Waals surface area contributed by atoms with E-state index in [2.05, 4.69) is 15.3 Å². The number of aliphatic hydroxyl groups is 1. The fourth-order valence-corrected chi connectivity index (χ4v) is 4.50. The van der Waals surface area contributed by atoms with Crippen LogP contribution in [0.5, 0.6) is 0 Å². The van der Waals surface area contributed by atoms with Gasteiger partial charge in [0.15, 0.2) is 5.69 Å². The molecule has 0 saturated carbocycles. The van der Waals surface area contributed by atoms with Crippen LogP contribution in [0, 0.1) is 0 Å². The van der Waals surface area contributed by atoms with Crippen molar-refractivity contribution in [2.75, 3.05) is 36.4 Å². The topological polar surface area (TPSA) is 112 Å². The zero-order valence-electron chi connectivity index (χ0n) is 21.7. The molecule has 1 aliphatic rings. The van der Waals surface area contributed by atoms with Gasteiger partial charge in [-0.2, -0.15) is 13.2 Å². The monoisotopic (exact) mass is 565 g/mol. The van der Waals surface area contributed by atoms with Gasteiger partial charge in [0, 0.05) is 38.2 Å². The lowest BCUT2D eigenvalue weighted by atomic mass is 10.1. The van der Waals surface area contributed by atoms with E-state index >= 15 is 0 Å². The highest BCUT2D eigenvalue weighted by molar-refractivity contribution is 6.03. The zero-order chi connectivity index (χ0) is 29.0. The van der Waals surface area contributed by atoms with Crippen LogP contribution in [0.4, 0.5) is 24.7 Å². The second kappa shape index (κ2) is 11.8. The number of hydrogen-bond acceptors (Lipinski definition) is 7. The summed E-state index contributed by atoms with van der Waals surface area (Å²) in [5.74, 6) is -2.14. The SMILES string of the molecule is O=C(Nc1ccc(N2CCN(C(=O)C(O)Cc3ccccc3)CC2)nc1)c1oc(-c2ccccc2)nc1C(F)(F)F. The standard InChI is InChI=1S/C29H26F3N5O4/c30-29(31,32)25-24(41-27(35-25)20-9-5-2-6-10-20)26(39)34-21-11-12-23(33-18-21)36-13-15-37(16-14-36)28(40)22(38)17-19-7-3-1-4-8-19/h1-12,18,22,38H,13-17H2,(H,34,39). The van der Waals surface area contributed by atoms with Crippen molar-refractivity contribution >= 4 is 23.3 Å². The van der Waals surface area contributed by atoms with E-state index in [1.54, 1.807) is 29.2 Å². The second-order valence-corrected chi connectivity index (χ2v) is 9.44. The molecule has 1 aliphatic heterocycles. The van der Waals surface area contributed by atoms with Gasteiger partial charge in [0.2, 0.25) is 11.7 Å². The number of oxazole rings is 1. The Kier molecular flexibility index (Phi) is 8.02. The summed E-state index contributed by atoms with van der Waals surface area (Å²) in [5, 5.41) is 12.8. The molecule has 4 aromatic rings. The van der Waals surface area contributed by atoms with Gasteiger partial charge >= 0.3 is 6.18 Å². The van der Waals surface area contributed by atoms with Crippen LogP contribution in [0.15, 0.2) is 83.4 Å². The van der Waals surface area contributed by atoms with Crippen molar-refractivity contribution in [2.45, 2.75) is 18.7 Å². The van der Waals surface area contributed by atoms with Crippen LogP contribution in [-0.2, 0) is 17.4 Å². The molecule has 0 spiro atoms. The van der Waals surface area contributed by atoms with Gasteiger partial charge in [0.05, 0.1) is 11.9 Å². The predicted molar refractivity (Wildman–Crippen MR) is 144 cm³/mol. The maximum atomic E-state index is 13.6. The Morgan fingerprint density at radius 1 is 0.951 bits per heavy atom. The number of pyridine rings is 1. The molecule has 0 aliphatic carbocycles. The minimum Gasteiger partial charge on any atom is -0.430 e. The number of aliphatic hydroxyl groups excluding tert-OH is 1. The van der Waals surface area contributed by atoms with Gasteiger partial charge in [-0.25, -0.2) is 9.97 Å². The molecule has 2 N–H and O–H groups in total. The van der Waals surface area contributed by atoms with Crippen LogP contribution >= 0.6 is 0 Å². The maximum absolute atomic E-state index is 13.6. The number of amides is 2. The minimum absolute atomic E-state index is 0.169. The highest BCUT2D eigenvalue weighted by Gasteiger charge is 2.41. The molecule has 2 amide bonds. The first-order chi connectivity index (χ1) is 19.7. The Morgan fingerprint density at radius 2 is 1.61 bits per heavy atom. The summed E-state index contributed by atoms with van der Waals surface area (Å²) in [4.78, 5) is 36.8. The molecule has 3 heterocycles. The number of piperazine rings is 1. The number of aromatic nitrogens is 2. The van der Waals surface area contributed by atoms with Crippen LogP contribution in [0.3, 0.4) is 0 Å². The Hall–Kier alpha value is -4.71. The summed E-state index contributed by atoms with van der Waals surface area (Å²) in [6.07, 6.45) is -4.46. The van der Waals surface area contributed by atoms with Crippen LogP contribution in [0.2, 0.25) is 0 Å². The summed E-state index contributed by atoms with van der Waals surface area (Å²) >= 11 is 0. The smallest absolute Gasteiger partial charge is 0.430 e. The zero-order valence-corrected chi connectivity index (χ0v) is 21.7. The molecule has 0 bridgehead atoms. The van der Waals surface area contributed by atoms with E-state index in [0.717, 1.165) is 5.56 Å². The number of carbonyl (C=O) groups is 2. The molecule has 1 unspecified atom stereocenters. The molecule has 12 heteroatoms. The van der Waals surface area contributed by atoms with Gasteiger partial charge in [-0.3, -0.25) is 9.59 Å². The fourth-order valence-electron chi connectivity index (χ4n) is 4.50. The van der Waals surface area contributed by atoms with Gasteiger partial charge in [-0.1, -0.05) is 48.5 Å². The van der Waals surface area contributed by atoms with Crippen LogP contribution < -0.4 is 10.2 Å². The number of hydrogen-bond donors (Lipinski definition) is 2. The van der Waals surface area contributed by atoms with E-state index < -0.39 is 29.6 Å². The van der Waals surface area contributed by atoms with Gasteiger partial charge in [-0.05, 0) is 29.8 Å². The average Bonchev–Trinajstić information content (AvgIpc) is 3.45. The van der Waals surface area contributed by atoms with Crippen molar-refractivity contribution < 1.29 is 32.3 Å². The molecule has 2 aromatic carbocycles. The van der Waals surface area contributed by atoms with E-state index in [1.165, 1.54) is 24.4 Å². The molecule has 212 valence electrons. The summed E-state index contributed by atoms with van der Waals surface area (Å²) < 4.78 is 46.0. The van der Waals surface area contributed by atoms with E-state index in [-0.39, 0.29) is 23.9 Å². The molecule has 1 saturated heterocycles. The lowest BCUT2D eigenvalue weighted by molar-refractivity contribution is -0.141. The number of anilines is 2. The maximum Gasteiger partial charge on any atom is 0.437 e. The van der Waals surface area contributed by atoms with E-state index in [1.807, 2.05) is 35.2 Å². The van der Waals surface area contributed by atoms with Gasteiger partial charge < -0.3 is 24.6 Å². The van der Waals surface area contributed by atoms with Gasteiger partial charge in [0.1, 0.15) is 11.9 Å². The third-order valence-electron chi connectivity index (χ3n) is 6.60. The number of benzene rings is 2. The first-order valence-corrected chi connectivity index (χ1v) is 12.9. The number of rotatable bonds is 7. The summed E-state index contributed by atoms with van der Waals surface area (Å²) in [6, 6.07) is 20.4. The third-order valence-corrected chi connectivity index (χ3v) is 6.60. The lowest BCUT2D eigenvalue weighted by Gasteiger charge is -2.36. The lowest BCUT2D eigenvalue weighted by Crippen LogP contribution is -2.52. The van der Waals surface area contributed by atoms with E-state index in [9.17, 15) is 27.9 Å². The van der Waals surface area contributed by atoms with E-state index in [4.69, 9.17) is 4.42 Å². The molecule has 1 atom stereocenters. The highest BCUT2D eigenvalue weighted by Crippen LogP contribution is 2.34. The molecule has 1 fully saturated rings. The number of nitrogens with zero attached hydrogens (tertiary/aromatic N) is 4. The summed E-state index contributed by atoms with van der Waals surface area (Å²) in [7, 11) is 0. The number of halogens is 3. The Labute approximate surface area is 233 Å². The molecule has 41 heavy (non-hydrogen) atoms. The van der Waals surface area contributed by atoms with Crippen molar-refractivity contribution in [3.05, 3.63) is 96.0 Å². The fraction of sp³-hybridized carbons (Fsp3) is 0.241. The molecule has 9 nitrogen and oxygen atoms in total. The van der Waals surface area contributed by atoms with Crippen LogP contribution in [0.25, 0.3) is 11.5 Å². The minimum atomic E-state index is -4.90. The second-order valence-electron chi connectivity index (χ2n) is 9.44. The normalized spacial score (nSPS) is 14.5. The Morgan fingerprint density at radius 3 is 2.22 bits per heavy atom. The molecule has 5 rings (SSSR count). The number of nitrogens with one attached hydrogen (secondary N) is 1. The number of carbonyl (C=O) groups excluding carboxylic acids is 2. The van der Waals surface area contributed by atoms with Crippen LogP contribution in [0.1, 0.15) is 21.8 Å². The molecule has 0 radical (unpaired) electrons. The largest absolute Gasteiger partial charge is 0.437 e. The first kappa shape index (κ1) is 27.8. The van der Waals surface area contributed by atoms with Gasteiger partial charge in [0.25, 0.3) is 11.8 Å². The van der Waals surface area contributed by atoms with Crippen molar-refractivity contribution in [1.82, 2.24) is 14.9 Å². The van der Waals surface area contributed by atoms with Crippen molar-refractivity contribution in [1.29, 1.82) is 0 Å². The first-order valence-electron chi connectivity index (χ1n) is 12.9. The third kappa shape index (κ3) is 6.55. The average molecular weight is 566 g/mol. The summed E-state index contributed by atoms with van der Waals surface area (Å²) in [6.45, 7) is 1.72. The van der Waals surface area contributed by atoms with E-state index in [0.29, 0.717) is 37.6 Å². The molecular formula is C29H26F3N5O4. The van der Waals surface area contributed by atoms with Gasteiger partial charge in [-0.15, -0.1) is 0 Å². The van der Waals surface area contributed by atoms with Crippen molar-refractivity contribution in [2.24, 2.45) is 0 Å². The molecule has 2 aromatic heterocycles. The molecular weight excluding hydrogens is 539 g/mol. The number of alkyl halides is 3. The Balaban J connectivity index is 1.19. The highest BCUT2D eigenvalue weighted by atomic mass is 19.4. The predicted octanol–water partition coefficient (Wildman–Crippen LogP) is 4.26.